The zero-order valence-corrected chi connectivity index (χ0v) is 14.3. The van der Waals surface area contributed by atoms with Crippen LogP contribution in [0.1, 0.15) is 11.6 Å². The fraction of sp³-hybridized carbons (Fsp3) is 0.300. The highest BCUT2D eigenvalue weighted by atomic mass is 19.1. The summed E-state index contributed by atoms with van der Waals surface area (Å²) in [6.45, 7) is 2.30. The van der Waals surface area contributed by atoms with Gasteiger partial charge in [-0.3, -0.25) is 9.69 Å². The molecular formula is C20H20FN3O2. The van der Waals surface area contributed by atoms with E-state index in [2.05, 4.69) is 11.0 Å². The molecule has 1 amide bonds. The molecule has 1 saturated heterocycles. The Kier molecular flexibility index (Phi) is 5.82. The van der Waals surface area contributed by atoms with E-state index >= 15 is 0 Å². The van der Waals surface area contributed by atoms with Crippen molar-refractivity contribution >= 4 is 5.91 Å². The SMILES string of the molecule is N#CC(c1ccccc1)N1CCN(C(=O)COc2ccc(F)cc2)CC1. The highest BCUT2D eigenvalue weighted by molar-refractivity contribution is 5.77. The van der Waals surface area contributed by atoms with E-state index in [1.54, 1.807) is 4.90 Å². The summed E-state index contributed by atoms with van der Waals surface area (Å²) in [5.74, 6) is 0.0134. The second-order valence-corrected chi connectivity index (χ2v) is 6.10. The molecule has 3 rings (SSSR count). The van der Waals surface area contributed by atoms with Gasteiger partial charge in [-0.2, -0.15) is 5.26 Å². The Hall–Kier alpha value is -2.91. The van der Waals surface area contributed by atoms with Crippen molar-refractivity contribution in [2.75, 3.05) is 32.8 Å². The number of nitrogens with zero attached hydrogens (tertiary/aromatic N) is 3. The summed E-state index contributed by atoms with van der Waals surface area (Å²) >= 11 is 0. The fourth-order valence-corrected chi connectivity index (χ4v) is 3.00. The number of piperazine rings is 1. The Labute approximate surface area is 152 Å². The number of ether oxygens (including phenoxy) is 1. The van der Waals surface area contributed by atoms with Crippen molar-refractivity contribution in [3.8, 4) is 11.8 Å². The molecule has 1 unspecified atom stereocenters. The largest absolute Gasteiger partial charge is 0.484 e. The van der Waals surface area contributed by atoms with Gasteiger partial charge in [0.05, 0.1) is 6.07 Å². The molecule has 0 radical (unpaired) electrons. The van der Waals surface area contributed by atoms with Crippen LogP contribution in [0.5, 0.6) is 5.75 Å². The van der Waals surface area contributed by atoms with Crippen LogP contribution in [0, 0.1) is 17.1 Å². The third-order valence-corrected chi connectivity index (χ3v) is 4.45. The van der Waals surface area contributed by atoms with E-state index in [4.69, 9.17) is 4.74 Å². The van der Waals surface area contributed by atoms with E-state index in [1.165, 1.54) is 24.3 Å². The molecule has 0 bridgehead atoms. The molecule has 1 heterocycles. The van der Waals surface area contributed by atoms with Crippen LogP contribution in [0.25, 0.3) is 0 Å². The Balaban J connectivity index is 1.50. The predicted octanol–water partition coefficient (Wildman–Crippen LogP) is 2.61. The molecule has 5 nitrogen and oxygen atoms in total. The third-order valence-electron chi connectivity index (χ3n) is 4.45. The first-order valence-corrected chi connectivity index (χ1v) is 8.52. The minimum Gasteiger partial charge on any atom is -0.484 e. The fourth-order valence-electron chi connectivity index (χ4n) is 3.00. The van der Waals surface area contributed by atoms with Gasteiger partial charge in [0, 0.05) is 26.2 Å². The first-order chi connectivity index (χ1) is 12.7. The van der Waals surface area contributed by atoms with Crippen molar-refractivity contribution in [3.05, 3.63) is 66.0 Å². The molecule has 1 aliphatic heterocycles. The van der Waals surface area contributed by atoms with Gasteiger partial charge in [0.2, 0.25) is 0 Å². The standard InChI is InChI=1S/C20H20FN3O2/c21-17-6-8-18(9-7-17)26-15-20(25)24-12-10-23(11-13-24)19(14-22)16-4-2-1-3-5-16/h1-9,19H,10-13,15H2. The van der Waals surface area contributed by atoms with Gasteiger partial charge in [-0.05, 0) is 29.8 Å². The lowest BCUT2D eigenvalue weighted by atomic mass is 10.1. The van der Waals surface area contributed by atoms with Crippen molar-refractivity contribution in [3.63, 3.8) is 0 Å². The molecule has 1 atom stereocenters. The van der Waals surface area contributed by atoms with Crippen LogP contribution >= 0.6 is 0 Å². The van der Waals surface area contributed by atoms with E-state index in [1.807, 2.05) is 30.3 Å². The normalized spacial score (nSPS) is 15.9. The maximum Gasteiger partial charge on any atom is 0.260 e. The smallest absolute Gasteiger partial charge is 0.260 e. The molecule has 2 aromatic carbocycles. The molecule has 134 valence electrons. The number of benzene rings is 2. The van der Waals surface area contributed by atoms with Gasteiger partial charge < -0.3 is 9.64 Å². The lowest BCUT2D eigenvalue weighted by Crippen LogP contribution is -2.50. The number of carbonyl (C=O) groups excluding carboxylic acids is 1. The maximum absolute atomic E-state index is 12.9. The van der Waals surface area contributed by atoms with Crippen LogP contribution in [0.15, 0.2) is 54.6 Å². The molecule has 0 aliphatic carbocycles. The van der Waals surface area contributed by atoms with Crippen LogP contribution in [0.2, 0.25) is 0 Å². The molecule has 2 aromatic rings. The number of hydrogen-bond acceptors (Lipinski definition) is 4. The van der Waals surface area contributed by atoms with Gasteiger partial charge in [0.15, 0.2) is 6.61 Å². The summed E-state index contributed by atoms with van der Waals surface area (Å²) in [5.41, 5.74) is 0.967. The van der Waals surface area contributed by atoms with Crippen molar-refractivity contribution in [2.24, 2.45) is 0 Å². The van der Waals surface area contributed by atoms with Crippen molar-refractivity contribution in [1.29, 1.82) is 5.26 Å². The molecule has 0 saturated carbocycles. The van der Waals surface area contributed by atoms with Crippen LogP contribution in [0.4, 0.5) is 4.39 Å². The van der Waals surface area contributed by atoms with Gasteiger partial charge >= 0.3 is 0 Å². The summed E-state index contributed by atoms with van der Waals surface area (Å²) in [6, 6.07) is 17.3. The second kappa shape index (κ2) is 8.45. The zero-order valence-electron chi connectivity index (χ0n) is 14.3. The van der Waals surface area contributed by atoms with Gasteiger partial charge in [-0.1, -0.05) is 30.3 Å². The number of nitriles is 1. The van der Waals surface area contributed by atoms with E-state index in [-0.39, 0.29) is 24.4 Å². The molecule has 0 spiro atoms. The van der Waals surface area contributed by atoms with Crippen molar-refractivity contribution < 1.29 is 13.9 Å². The van der Waals surface area contributed by atoms with Crippen molar-refractivity contribution in [1.82, 2.24) is 9.80 Å². The minimum atomic E-state index is -0.342. The van der Waals surface area contributed by atoms with E-state index in [0.717, 1.165) is 5.56 Å². The minimum absolute atomic E-state index is 0.0774. The van der Waals surface area contributed by atoms with Gasteiger partial charge in [-0.25, -0.2) is 4.39 Å². The first-order valence-electron chi connectivity index (χ1n) is 8.52. The summed E-state index contributed by atoms with van der Waals surface area (Å²) in [6.07, 6.45) is 0. The number of rotatable bonds is 5. The molecular weight excluding hydrogens is 333 g/mol. The predicted molar refractivity (Wildman–Crippen MR) is 94.8 cm³/mol. The number of hydrogen-bond donors (Lipinski definition) is 0. The summed E-state index contributed by atoms with van der Waals surface area (Å²) in [7, 11) is 0. The molecule has 1 fully saturated rings. The van der Waals surface area contributed by atoms with Crippen molar-refractivity contribution in [2.45, 2.75) is 6.04 Å². The molecule has 6 heteroatoms. The van der Waals surface area contributed by atoms with Crippen LogP contribution in [-0.4, -0.2) is 48.5 Å². The summed E-state index contributed by atoms with van der Waals surface area (Å²) < 4.78 is 18.3. The quantitative estimate of drug-likeness (QED) is 0.829. The maximum atomic E-state index is 12.9. The van der Waals surface area contributed by atoms with E-state index < -0.39 is 0 Å². The summed E-state index contributed by atoms with van der Waals surface area (Å²) in [4.78, 5) is 16.1. The number of carbonyl (C=O) groups is 1. The van der Waals surface area contributed by atoms with E-state index in [9.17, 15) is 14.4 Å². The Morgan fingerprint density at radius 3 is 2.35 bits per heavy atom. The van der Waals surface area contributed by atoms with Crippen LogP contribution in [-0.2, 0) is 4.79 Å². The Morgan fingerprint density at radius 2 is 1.73 bits per heavy atom. The van der Waals surface area contributed by atoms with Crippen LogP contribution in [0.3, 0.4) is 0 Å². The van der Waals surface area contributed by atoms with Gasteiger partial charge in [-0.15, -0.1) is 0 Å². The lowest BCUT2D eigenvalue weighted by molar-refractivity contribution is -0.135. The molecule has 1 aliphatic rings. The lowest BCUT2D eigenvalue weighted by Gasteiger charge is -2.37. The van der Waals surface area contributed by atoms with Crippen LogP contribution < -0.4 is 4.74 Å². The third kappa shape index (κ3) is 4.38. The second-order valence-electron chi connectivity index (χ2n) is 6.10. The average Bonchev–Trinajstić information content (AvgIpc) is 2.69. The number of halogens is 1. The first kappa shape index (κ1) is 17.9. The molecule has 0 aromatic heterocycles. The number of amides is 1. The topological polar surface area (TPSA) is 56.6 Å². The molecule has 0 N–H and O–H groups in total. The molecule has 26 heavy (non-hydrogen) atoms. The van der Waals surface area contributed by atoms with Gasteiger partial charge in [0.1, 0.15) is 17.6 Å². The van der Waals surface area contributed by atoms with Gasteiger partial charge in [0.25, 0.3) is 5.91 Å². The highest BCUT2D eigenvalue weighted by Gasteiger charge is 2.27. The highest BCUT2D eigenvalue weighted by Crippen LogP contribution is 2.21. The summed E-state index contributed by atoms with van der Waals surface area (Å²) in [5, 5.41) is 9.52. The zero-order chi connectivity index (χ0) is 18.4. The average molecular weight is 353 g/mol. The Bertz CT molecular complexity index is 766. The monoisotopic (exact) mass is 353 g/mol. The Morgan fingerprint density at radius 1 is 1.08 bits per heavy atom. The van der Waals surface area contributed by atoms with E-state index in [0.29, 0.717) is 31.9 Å².